The van der Waals surface area contributed by atoms with E-state index in [0.29, 0.717) is 0 Å². The van der Waals surface area contributed by atoms with Crippen molar-refractivity contribution < 1.29 is 33.4 Å². The van der Waals surface area contributed by atoms with Crippen LogP contribution in [0, 0.1) is 10.2 Å². The normalized spacial score (nSPS) is 15.2. The summed E-state index contributed by atoms with van der Waals surface area (Å²) in [4.78, 5) is 5.40. The molecule has 0 bridgehead atoms. The molecule has 2 heterocycles. The van der Waals surface area contributed by atoms with Crippen LogP contribution in [0.2, 0.25) is 0 Å². The molecular weight excluding hydrogens is 354 g/mol. The topological polar surface area (TPSA) is 122 Å². The SMILES string of the molecule is C(=C1\CCc2cnc3scn[n+]3c21)/c1ccccc1.[O-][Cl+3]([O-])([O-])[O-]. The van der Waals surface area contributed by atoms with Gasteiger partial charge in [0.15, 0.2) is 5.69 Å². The summed E-state index contributed by atoms with van der Waals surface area (Å²) in [5.41, 5.74) is 6.97. The van der Waals surface area contributed by atoms with Crippen LogP contribution in [-0.2, 0) is 6.42 Å². The monoisotopic (exact) mass is 365 g/mol. The van der Waals surface area contributed by atoms with Crippen molar-refractivity contribution in [2.24, 2.45) is 0 Å². The third kappa shape index (κ3) is 4.12. The molecule has 0 atom stereocenters. The first-order chi connectivity index (χ1) is 11.4. The molecule has 3 aromatic rings. The summed E-state index contributed by atoms with van der Waals surface area (Å²) in [6.07, 6.45) is 6.38. The minimum absolute atomic E-state index is 0.958. The fraction of sp³-hybridized carbons (Fsp3) is 0.133. The summed E-state index contributed by atoms with van der Waals surface area (Å²) < 4.78 is 35.9. The van der Waals surface area contributed by atoms with Gasteiger partial charge in [-0.15, -0.1) is 10.2 Å². The molecular formula is C15H12ClN3O4S. The molecule has 1 aliphatic carbocycles. The number of aryl methyl sites for hydroxylation is 1. The van der Waals surface area contributed by atoms with E-state index in [1.807, 2.05) is 22.3 Å². The first-order valence-corrected chi connectivity index (χ1v) is 9.04. The highest BCUT2D eigenvalue weighted by atomic mass is 35.7. The van der Waals surface area contributed by atoms with Crippen molar-refractivity contribution in [3.8, 4) is 0 Å². The van der Waals surface area contributed by atoms with Gasteiger partial charge in [0.05, 0.1) is 0 Å². The number of halogens is 1. The van der Waals surface area contributed by atoms with E-state index in [4.69, 9.17) is 18.6 Å². The molecule has 2 aromatic heterocycles. The van der Waals surface area contributed by atoms with Crippen LogP contribution >= 0.6 is 11.3 Å². The van der Waals surface area contributed by atoms with Crippen molar-refractivity contribution in [2.45, 2.75) is 12.8 Å². The molecule has 1 aliphatic rings. The van der Waals surface area contributed by atoms with Gasteiger partial charge in [-0.2, -0.15) is 0 Å². The number of benzene rings is 1. The second-order valence-electron chi connectivity index (χ2n) is 5.02. The second-order valence-corrected chi connectivity index (χ2v) is 6.59. The van der Waals surface area contributed by atoms with Crippen molar-refractivity contribution in [3.05, 3.63) is 58.9 Å². The van der Waals surface area contributed by atoms with E-state index in [9.17, 15) is 0 Å². The van der Waals surface area contributed by atoms with E-state index in [0.717, 1.165) is 17.8 Å². The standard InChI is InChI=1S/C15H12N3S.ClHO4/c1-2-4-11(5-3-1)8-12-6-7-13-9-16-15-18(14(12)13)17-10-19-15;2-1(3,4)5/h1-5,8-10H,6-7H2;(H,2,3,4,5)/q+1;/p-1/b12-8-;. The van der Waals surface area contributed by atoms with Gasteiger partial charge in [-0.3, -0.25) is 0 Å². The molecule has 0 radical (unpaired) electrons. The first-order valence-electron chi connectivity index (χ1n) is 6.93. The van der Waals surface area contributed by atoms with E-state index in [2.05, 4.69) is 40.4 Å². The van der Waals surface area contributed by atoms with Gasteiger partial charge < -0.3 is 0 Å². The van der Waals surface area contributed by atoms with Crippen LogP contribution in [0.3, 0.4) is 0 Å². The zero-order valence-electron chi connectivity index (χ0n) is 12.3. The van der Waals surface area contributed by atoms with Crippen LogP contribution in [0.5, 0.6) is 0 Å². The van der Waals surface area contributed by atoms with Gasteiger partial charge in [0, 0.05) is 11.1 Å². The average molecular weight is 366 g/mol. The third-order valence-corrected chi connectivity index (χ3v) is 4.15. The van der Waals surface area contributed by atoms with Gasteiger partial charge in [0.1, 0.15) is 11.7 Å². The van der Waals surface area contributed by atoms with Gasteiger partial charge >= 0.3 is 4.96 Å². The number of hydrogen-bond donors (Lipinski definition) is 0. The molecule has 0 fully saturated rings. The highest BCUT2D eigenvalue weighted by Crippen LogP contribution is 2.31. The molecule has 7 nitrogen and oxygen atoms in total. The molecule has 0 saturated carbocycles. The molecule has 1 aromatic carbocycles. The average Bonchev–Trinajstić information content (AvgIpc) is 3.12. The number of allylic oxidation sites excluding steroid dienone is 1. The van der Waals surface area contributed by atoms with E-state index in [1.165, 1.54) is 22.4 Å². The summed E-state index contributed by atoms with van der Waals surface area (Å²) in [5.74, 6) is 0. The van der Waals surface area contributed by atoms with Crippen molar-refractivity contribution in [3.63, 3.8) is 0 Å². The Morgan fingerprint density at radius 2 is 1.79 bits per heavy atom. The smallest absolute Gasteiger partial charge is 0.222 e. The number of fused-ring (bicyclic) bond motifs is 3. The lowest BCUT2D eigenvalue weighted by atomic mass is 10.1. The van der Waals surface area contributed by atoms with Gasteiger partial charge in [-0.1, -0.05) is 39.9 Å². The summed E-state index contributed by atoms with van der Waals surface area (Å²) in [5, 5.41) is 4.41. The first kappa shape index (κ1) is 16.9. The van der Waals surface area contributed by atoms with Gasteiger partial charge in [-0.25, -0.2) is 18.6 Å². The number of hydrogen-bond acceptors (Lipinski definition) is 7. The molecule has 0 unspecified atom stereocenters. The van der Waals surface area contributed by atoms with E-state index < -0.39 is 10.2 Å². The minimum Gasteiger partial charge on any atom is -0.222 e. The van der Waals surface area contributed by atoms with Crippen LogP contribution in [-0.4, -0.2) is 10.1 Å². The Kier molecular flexibility index (Phi) is 4.86. The van der Waals surface area contributed by atoms with Crippen molar-refractivity contribution in [1.82, 2.24) is 10.1 Å². The quantitative estimate of drug-likeness (QED) is 0.460. The molecule has 24 heavy (non-hydrogen) atoms. The zero-order chi connectivity index (χ0) is 17.2. The van der Waals surface area contributed by atoms with Gasteiger partial charge in [0.2, 0.25) is 0 Å². The maximum atomic E-state index is 8.49. The van der Waals surface area contributed by atoms with Crippen LogP contribution in [0.25, 0.3) is 16.6 Å². The summed E-state index contributed by atoms with van der Waals surface area (Å²) in [6, 6.07) is 10.5. The van der Waals surface area contributed by atoms with E-state index >= 15 is 0 Å². The Balaban J connectivity index is 0.000000300. The molecule has 0 N–H and O–H groups in total. The maximum absolute atomic E-state index is 8.49. The lowest BCUT2D eigenvalue weighted by Gasteiger charge is -2.17. The molecule has 0 saturated heterocycles. The molecule has 0 aliphatic heterocycles. The Morgan fingerprint density at radius 1 is 1.08 bits per heavy atom. The lowest BCUT2D eigenvalue weighted by Crippen LogP contribution is -2.68. The summed E-state index contributed by atoms with van der Waals surface area (Å²) in [7, 11) is -4.94. The Morgan fingerprint density at radius 3 is 2.50 bits per heavy atom. The third-order valence-electron chi connectivity index (χ3n) is 3.46. The van der Waals surface area contributed by atoms with Crippen LogP contribution in [0.1, 0.15) is 23.2 Å². The van der Waals surface area contributed by atoms with E-state index in [1.54, 1.807) is 11.3 Å². The molecule has 9 heteroatoms. The predicted molar refractivity (Wildman–Crippen MR) is 75.7 cm³/mol. The lowest BCUT2D eigenvalue weighted by molar-refractivity contribution is -2.00. The van der Waals surface area contributed by atoms with Gasteiger partial charge in [-0.05, 0) is 40.8 Å². The van der Waals surface area contributed by atoms with Crippen molar-refractivity contribution in [2.75, 3.05) is 0 Å². The van der Waals surface area contributed by atoms with Crippen LogP contribution in [0.15, 0.2) is 42.0 Å². The second kappa shape index (κ2) is 6.89. The Labute approximate surface area is 143 Å². The number of aromatic nitrogens is 3. The fourth-order valence-corrected chi connectivity index (χ4v) is 3.18. The number of nitrogens with zero attached hydrogens (tertiary/aromatic N) is 3. The van der Waals surface area contributed by atoms with Gasteiger partial charge in [0.25, 0.3) is 0 Å². The van der Waals surface area contributed by atoms with Crippen molar-refractivity contribution in [1.29, 1.82) is 0 Å². The maximum Gasteiger partial charge on any atom is 0.409 e. The van der Waals surface area contributed by atoms with Crippen molar-refractivity contribution >= 4 is 27.9 Å². The van der Waals surface area contributed by atoms with Crippen LogP contribution < -0.4 is 23.2 Å². The van der Waals surface area contributed by atoms with E-state index in [-0.39, 0.29) is 0 Å². The summed E-state index contributed by atoms with van der Waals surface area (Å²) in [6.45, 7) is 0. The highest BCUT2D eigenvalue weighted by molar-refractivity contribution is 7.14. The van der Waals surface area contributed by atoms with Crippen LogP contribution in [0.4, 0.5) is 0 Å². The Hall–Kier alpha value is -1.94. The summed E-state index contributed by atoms with van der Waals surface area (Å²) >= 11 is 1.58. The highest BCUT2D eigenvalue weighted by Gasteiger charge is 2.27. The molecule has 0 amide bonds. The molecule has 124 valence electrons. The predicted octanol–water partition coefficient (Wildman–Crippen LogP) is -1.99. The Bertz CT molecular complexity index is 871. The molecule has 4 rings (SSSR count). The number of rotatable bonds is 1. The largest absolute Gasteiger partial charge is 0.409 e. The minimum atomic E-state index is -4.94. The fourth-order valence-electron chi connectivity index (χ4n) is 2.59. The molecule has 0 spiro atoms. The zero-order valence-corrected chi connectivity index (χ0v) is 13.9.